The van der Waals surface area contributed by atoms with E-state index in [4.69, 9.17) is 11.6 Å². The van der Waals surface area contributed by atoms with Crippen LogP contribution in [0.3, 0.4) is 0 Å². The number of anilines is 1. The molecule has 136 valence electrons. The van der Waals surface area contributed by atoms with E-state index in [2.05, 4.69) is 15.6 Å². The van der Waals surface area contributed by atoms with E-state index in [-0.39, 0.29) is 17.5 Å². The third-order valence-electron chi connectivity index (χ3n) is 3.91. The van der Waals surface area contributed by atoms with Crippen LogP contribution < -0.4 is 10.6 Å². The molecule has 27 heavy (non-hydrogen) atoms. The summed E-state index contributed by atoms with van der Waals surface area (Å²) in [5.41, 5.74) is 3.13. The zero-order chi connectivity index (χ0) is 19.2. The molecule has 0 radical (unpaired) electrons. The number of carbonyl (C=O) groups excluding carboxylic acids is 2. The first-order valence-electron chi connectivity index (χ1n) is 8.38. The zero-order valence-corrected chi connectivity index (χ0v) is 15.5. The van der Waals surface area contributed by atoms with Crippen molar-refractivity contribution in [2.45, 2.75) is 13.5 Å². The van der Waals surface area contributed by atoms with Crippen molar-refractivity contribution in [3.8, 4) is 0 Å². The summed E-state index contributed by atoms with van der Waals surface area (Å²) in [6, 6.07) is 17.8. The number of aromatic nitrogens is 1. The SMILES string of the molecule is Cc1cccc(CNC(=O)c2cc(C(=O)Nc3ccccc3Cl)ccn2)c1. The van der Waals surface area contributed by atoms with Gasteiger partial charge in [0.25, 0.3) is 11.8 Å². The Kier molecular flexibility index (Phi) is 5.84. The smallest absolute Gasteiger partial charge is 0.270 e. The molecule has 0 aliphatic heterocycles. The molecule has 1 heterocycles. The van der Waals surface area contributed by atoms with Gasteiger partial charge in [-0.2, -0.15) is 0 Å². The van der Waals surface area contributed by atoms with Gasteiger partial charge < -0.3 is 10.6 Å². The molecule has 0 fully saturated rings. The number of aryl methyl sites for hydroxylation is 1. The first-order chi connectivity index (χ1) is 13.0. The fraction of sp³-hybridized carbons (Fsp3) is 0.0952. The summed E-state index contributed by atoms with van der Waals surface area (Å²) in [4.78, 5) is 28.9. The number of pyridine rings is 1. The van der Waals surface area contributed by atoms with Crippen LogP contribution in [0.5, 0.6) is 0 Å². The molecule has 0 atom stereocenters. The third-order valence-corrected chi connectivity index (χ3v) is 4.24. The highest BCUT2D eigenvalue weighted by Gasteiger charge is 2.13. The summed E-state index contributed by atoms with van der Waals surface area (Å²) in [6.07, 6.45) is 1.43. The van der Waals surface area contributed by atoms with Crippen molar-refractivity contribution >= 4 is 29.1 Å². The predicted octanol–water partition coefficient (Wildman–Crippen LogP) is 4.23. The molecule has 2 amide bonds. The first kappa shape index (κ1) is 18.6. The van der Waals surface area contributed by atoms with Crippen molar-refractivity contribution in [3.63, 3.8) is 0 Å². The van der Waals surface area contributed by atoms with Crippen LogP contribution in [0, 0.1) is 6.92 Å². The van der Waals surface area contributed by atoms with Crippen LogP contribution in [-0.4, -0.2) is 16.8 Å². The minimum Gasteiger partial charge on any atom is -0.347 e. The van der Waals surface area contributed by atoms with Crippen molar-refractivity contribution in [1.29, 1.82) is 0 Å². The Hall–Kier alpha value is -3.18. The molecule has 3 aromatic rings. The second-order valence-electron chi connectivity index (χ2n) is 6.04. The molecule has 3 rings (SSSR count). The molecule has 0 spiro atoms. The number of nitrogens with zero attached hydrogens (tertiary/aromatic N) is 1. The quantitative estimate of drug-likeness (QED) is 0.697. The van der Waals surface area contributed by atoms with Gasteiger partial charge in [-0.3, -0.25) is 14.6 Å². The molecular formula is C21H18ClN3O2. The number of hydrogen-bond donors (Lipinski definition) is 2. The van der Waals surface area contributed by atoms with Gasteiger partial charge in [-0.25, -0.2) is 0 Å². The highest BCUT2D eigenvalue weighted by Crippen LogP contribution is 2.21. The molecule has 2 aromatic carbocycles. The fourth-order valence-electron chi connectivity index (χ4n) is 2.55. The number of rotatable bonds is 5. The van der Waals surface area contributed by atoms with E-state index >= 15 is 0 Å². The lowest BCUT2D eigenvalue weighted by atomic mass is 10.1. The van der Waals surface area contributed by atoms with Crippen LogP contribution in [0.1, 0.15) is 32.0 Å². The number of amides is 2. The lowest BCUT2D eigenvalue weighted by Crippen LogP contribution is -2.24. The van der Waals surface area contributed by atoms with Gasteiger partial charge in [0, 0.05) is 18.3 Å². The van der Waals surface area contributed by atoms with Crippen LogP contribution >= 0.6 is 11.6 Å². The Bertz CT molecular complexity index is 988. The van der Waals surface area contributed by atoms with Gasteiger partial charge in [-0.1, -0.05) is 53.6 Å². The van der Waals surface area contributed by atoms with Crippen molar-refractivity contribution in [1.82, 2.24) is 10.3 Å². The molecule has 0 saturated heterocycles. The van der Waals surface area contributed by atoms with Crippen molar-refractivity contribution in [2.75, 3.05) is 5.32 Å². The van der Waals surface area contributed by atoms with Gasteiger partial charge in [0.2, 0.25) is 0 Å². The minimum absolute atomic E-state index is 0.175. The molecule has 0 unspecified atom stereocenters. The average Bonchev–Trinajstić information content (AvgIpc) is 2.68. The molecule has 5 nitrogen and oxygen atoms in total. The third kappa shape index (κ3) is 4.92. The second-order valence-corrected chi connectivity index (χ2v) is 6.44. The molecule has 2 N–H and O–H groups in total. The first-order valence-corrected chi connectivity index (χ1v) is 8.76. The van der Waals surface area contributed by atoms with Crippen molar-refractivity contribution in [2.24, 2.45) is 0 Å². The topological polar surface area (TPSA) is 71.1 Å². The summed E-state index contributed by atoms with van der Waals surface area (Å²) in [7, 11) is 0. The molecule has 0 aliphatic carbocycles. The van der Waals surface area contributed by atoms with E-state index in [1.807, 2.05) is 31.2 Å². The maximum absolute atomic E-state index is 12.4. The maximum atomic E-state index is 12.4. The lowest BCUT2D eigenvalue weighted by molar-refractivity contribution is 0.0946. The number of hydrogen-bond acceptors (Lipinski definition) is 3. The minimum atomic E-state index is -0.363. The monoisotopic (exact) mass is 379 g/mol. The average molecular weight is 380 g/mol. The largest absolute Gasteiger partial charge is 0.347 e. The van der Waals surface area contributed by atoms with Crippen LogP contribution in [-0.2, 0) is 6.54 Å². The number of benzene rings is 2. The summed E-state index contributed by atoms with van der Waals surface area (Å²) >= 11 is 6.06. The molecule has 6 heteroatoms. The summed E-state index contributed by atoms with van der Waals surface area (Å²) < 4.78 is 0. The lowest BCUT2D eigenvalue weighted by Gasteiger charge is -2.09. The maximum Gasteiger partial charge on any atom is 0.270 e. The highest BCUT2D eigenvalue weighted by molar-refractivity contribution is 6.33. The van der Waals surface area contributed by atoms with Gasteiger partial charge in [-0.15, -0.1) is 0 Å². The van der Waals surface area contributed by atoms with E-state index in [0.29, 0.717) is 22.8 Å². The van der Waals surface area contributed by atoms with Gasteiger partial charge in [-0.05, 0) is 36.8 Å². The van der Waals surface area contributed by atoms with Crippen molar-refractivity contribution < 1.29 is 9.59 Å². The molecule has 0 aliphatic rings. The van der Waals surface area contributed by atoms with Crippen LogP contribution in [0.4, 0.5) is 5.69 Å². The van der Waals surface area contributed by atoms with E-state index in [0.717, 1.165) is 11.1 Å². The second kappa shape index (κ2) is 8.47. The van der Waals surface area contributed by atoms with Crippen LogP contribution in [0.2, 0.25) is 5.02 Å². The Morgan fingerprint density at radius 3 is 2.59 bits per heavy atom. The fourth-order valence-corrected chi connectivity index (χ4v) is 2.73. The Balaban J connectivity index is 1.68. The molecular weight excluding hydrogens is 362 g/mol. The van der Waals surface area contributed by atoms with E-state index in [9.17, 15) is 9.59 Å². The number of para-hydroxylation sites is 1. The van der Waals surface area contributed by atoms with Crippen LogP contribution in [0.15, 0.2) is 66.9 Å². The summed E-state index contributed by atoms with van der Waals surface area (Å²) in [5, 5.41) is 5.98. The molecule has 0 saturated carbocycles. The Labute approximate surface area is 162 Å². The Morgan fingerprint density at radius 2 is 1.81 bits per heavy atom. The number of nitrogens with one attached hydrogen (secondary N) is 2. The Morgan fingerprint density at radius 1 is 1.00 bits per heavy atom. The highest BCUT2D eigenvalue weighted by atomic mass is 35.5. The van der Waals surface area contributed by atoms with E-state index < -0.39 is 0 Å². The van der Waals surface area contributed by atoms with E-state index in [1.165, 1.54) is 12.3 Å². The molecule has 1 aromatic heterocycles. The van der Waals surface area contributed by atoms with Crippen LogP contribution in [0.25, 0.3) is 0 Å². The summed E-state index contributed by atoms with van der Waals surface area (Å²) in [5.74, 6) is -0.706. The van der Waals surface area contributed by atoms with Gasteiger partial charge >= 0.3 is 0 Å². The van der Waals surface area contributed by atoms with Gasteiger partial charge in [0.1, 0.15) is 5.69 Å². The molecule has 0 bridgehead atoms. The van der Waals surface area contributed by atoms with Crippen molar-refractivity contribution in [3.05, 3.63) is 94.3 Å². The van der Waals surface area contributed by atoms with Gasteiger partial charge in [0.05, 0.1) is 10.7 Å². The zero-order valence-electron chi connectivity index (χ0n) is 14.7. The number of carbonyl (C=O) groups is 2. The normalized spacial score (nSPS) is 10.3. The van der Waals surface area contributed by atoms with E-state index in [1.54, 1.807) is 30.3 Å². The standard InChI is InChI=1S/C21H18ClN3O2/c1-14-5-4-6-15(11-14)13-24-21(27)19-12-16(9-10-23-19)20(26)25-18-8-3-2-7-17(18)22/h2-12H,13H2,1H3,(H,24,27)(H,25,26). The predicted molar refractivity (Wildman–Crippen MR) is 106 cm³/mol. The van der Waals surface area contributed by atoms with Gasteiger partial charge in [0.15, 0.2) is 0 Å². The summed E-state index contributed by atoms with van der Waals surface area (Å²) in [6.45, 7) is 2.38. The number of halogens is 1.